The molecule has 1 heterocycles. The van der Waals surface area contributed by atoms with Crippen LogP contribution in [0.25, 0.3) is 0 Å². The maximum absolute atomic E-state index is 5.72. The molecule has 2 fully saturated rings. The van der Waals surface area contributed by atoms with Crippen LogP contribution in [0.5, 0.6) is 0 Å². The average Bonchev–Trinajstić information content (AvgIpc) is 2.71. The quantitative estimate of drug-likeness (QED) is 0.752. The van der Waals surface area contributed by atoms with Gasteiger partial charge in [0.15, 0.2) is 0 Å². The molecule has 0 bridgehead atoms. The van der Waals surface area contributed by atoms with Gasteiger partial charge in [-0.3, -0.25) is 4.90 Å². The van der Waals surface area contributed by atoms with Crippen molar-refractivity contribution in [2.45, 2.75) is 44.2 Å². The van der Waals surface area contributed by atoms with Crippen LogP contribution in [0, 0.1) is 0 Å². The Balaban J connectivity index is 1.94. The minimum atomic E-state index is 0.719. The van der Waals surface area contributed by atoms with Gasteiger partial charge in [-0.25, -0.2) is 0 Å². The molecule has 3 nitrogen and oxygen atoms in total. The highest BCUT2D eigenvalue weighted by Gasteiger charge is 2.31. The largest absolute Gasteiger partial charge is 0.330 e. The lowest BCUT2D eigenvalue weighted by Gasteiger charge is -2.43. The molecule has 2 aliphatic rings. The lowest BCUT2D eigenvalue weighted by Crippen LogP contribution is -2.55. The molecule has 0 spiro atoms. The van der Waals surface area contributed by atoms with Gasteiger partial charge in [0.05, 0.1) is 0 Å². The molecule has 0 aromatic carbocycles. The molecule has 2 N–H and O–H groups in total. The summed E-state index contributed by atoms with van der Waals surface area (Å²) in [5.41, 5.74) is 5.72. The highest BCUT2D eigenvalue weighted by molar-refractivity contribution is 4.88. The second kappa shape index (κ2) is 5.28. The molecular weight excluding hydrogens is 186 g/mol. The van der Waals surface area contributed by atoms with E-state index >= 15 is 0 Å². The molecule has 1 aliphatic carbocycles. The van der Waals surface area contributed by atoms with Gasteiger partial charge >= 0.3 is 0 Å². The van der Waals surface area contributed by atoms with Crippen LogP contribution < -0.4 is 5.73 Å². The number of hydrogen-bond donors (Lipinski definition) is 1. The molecule has 2 rings (SSSR count). The van der Waals surface area contributed by atoms with Gasteiger partial charge in [-0.2, -0.15) is 0 Å². The van der Waals surface area contributed by atoms with E-state index in [4.69, 9.17) is 5.73 Å². The van der Waals surface area contributed by atoms with Crippen molar-refractivity contribution in [1.82, 2.24) is 9.80 Å². The molecule has 0 amide bonds. The summed E-state index contributed by atoms with van der Waals surface area (Å²) >= 11 is 0. The van der Waals surface area contributed by atoms with Gasteiger partial charge in [0.2, 0.25) is 0 Å². The van der Waals surface area contributed by atoms with Crippen molar-refractivity contribution in [3.63, 3.8) is 0 Å². The molecule has 1 unspecified atom stereocenters. The third-order valence-corrected chi connectivity index (χ3v) is 4.02. The summed E-state index contributed by atoms with van der Waals surface area (Å²) in [6.07, 6.45) is 6.88. The third kappa shape index (κ3) is 2.71. The molecule has 0 aromatic heterocycles. The monoisotopic (exact) mass is 211 g/mol. The molecule has 88 valence electrons. The lowest BCUT2D eigenvalue weighted by molar-refractivity contribution is 0.0508. The second-order valence-corrected chi connectivity index (χ2v) is 5.17. The van der Waals surface area contributed by atoms with E-state index in [1.807, 2.05) is 0 Å². The summed E-state index contributed by atoms with van der Waals surface area (Å²) in [6.45, 7) is 4.54. The van der Waals surface area contributed by atoms with Gasteiger partial charge < -0.3 is 10.6 Å². The third-order valence-electron chi connectivity index (χ3n) is 4.02. The number of nitrogens with zero attached hydrogens (tertiary/aromatic N) is 2. The fourth-order valence-corrected chi connectivity index (χ4v) is 3.19. The summed E-state index contributed by atoms with van der Waals surface area (Å²) in [6, 6.07) is 1.59. The Morgan fingerprint density at radius 1 is 1.20 bits per heavy atom. The highest BCUT2D eigenvalue weighted by atomic mass is 15.3. The topological polar surface area (TPSA) is 32.5 Å². The molecule has 3 heteroatoms. The van der Waals surface area contributed by atoms with E-state index in [1.165, 1.54) is 51.7 Å². The van der Waals surface area contributed by atoms with Gasteiger partial charge in [0, 0.05) is 31.7 Å². The minimum Gasteiger partial charge on any atom is -0.330 e. The van der Waals surface area contributed by atoms with Crippen molar-refractivity contribution in [1.29, 1.82) is 0 Å². The van der Waals surface area contributed by atoms with Crippen LogP contribution in [0.1, 0.15) is 32.1 Å². The van der Waals surface area contributed by atoms with Crippen LogP contribution in [-0.2, 0) is 0 Å². The standard InChI is InChI=1S/C12H25N3/c1-14-8-9-15(11-4-2-3-5-11)12(10-14)6-7-13/h11-12H,2-10,13H2,1H3. The summed E-state index contributed by atoms with van der Waals surface area (Å²) in [5, 5.41) is 0. The van der Waals surface area contributed by atoms with Crippen LogP contribution >= 0.6 is 0 Å². The molecule has 15 heavy (non-hydrogen) atoms. The van der Waals surface area contributed by atoms with Crippen LogP contribution in [0.2, 0.25) is 0 Å². The maximum Gasteiger partial charge on any atom is 0.0238 e. The van der Waals surface area contributed by atoms with Gasteiger partial charge in [-0.15, -0.1) is 0 Å². The number of hydrogen-bond acceptors (Lipinski definition) is 3. The molecule has 1 saturated heterocycles. The smallest absolute Gasteiger partial charge is 0.0238 e. The number of rotatable bonds is 3. The number of piperazine rings is 1. The van der Waals surface area contributed by atoms with Gasteiger partial charge in [-0.05, 0) is 32.9 Å². The number of nitrogens with two attached hydrogens (primary N) is 1. The minimum absolute atomic E-state index is 0.719. The predicted molar refractivity (Wildman–Crippen MR) is 63.9 cm³/mol. The SMILES string of the molecule is CN1CCN(C2CCCC2)C(CCN)C1. The zero-order valence-electron chi connectivity index (χ0n) is 9.99. The first kappa shape index (κ1) is 11.4. The van der Waals surface area contributed by atoms with Crippen LogP contribution in [0.3, 0.4) is 0 Å². The van der Waals surface area contributed by atoms with Gasteiger partial charge in [-0.1, -0.05) is 12.8 Å². The Hall–Kier alpha value is -0.120. The molecule has 0 radical (unpaired) electrons. The fraction of sp³-hybridized carbons (Fsp3) is 1.00. The van der Waals surface area contributed by atoms with Crippen molar-refractivity contribution in [3.05, 3.63) is 0 Å². The number of likely N-dealkylation sites (N-methyl/N-ethyl adjacent to an activating group) is 1. The van der Waals surface area contributed by atoms with E-state index < -0.39 is 0 Å². The molecule has 0 aromatic rings. The maximum atomic E-state index is 5.72. The fourth-order valence-electron chi connectivity index (χ4n) is 3.19. The average molecular weight is 211 g/mol. The lowest BCUT2D eigenvalue weighted by atomic mass is 10.0. The Morgan fingerprint density at radius 2 is 1.93 bits per heavy atom. The Labute approximate surface area is 93.6 Å². The van der Waals surface area contributed by atoms with E-state index in [0.717, 1.165) is 18.6 Å². The molecule has 1 saturated carbocycles. The van der Waals surface area contributed by atoms with Crippen LogP contribution in [0.15, 0.2) is 0 Å². The van der Waals surface area contributed by atoms with E-state index in [0.29, 0.717) is 0 Å². The first-order valence-corrected chi connectivity index (χ1v) is 6.45. The molecule has 1 atom stereocenters. The zero-order chi connectivity index (χ0) is 10.7. The van der Waals surface area contributed by atoms with E-state index in [2.05, 4.69) is 16.8 Å². The van der Waals surface area contributed by atoms with E-state index in [9.17, 15) is 0 Å². The predicted octanol–water partition coefficient (Wildman–Crippen LogP) is 0.894. The summed E-state index contributed by atoms with van der Waals surface area (Å²) in [7, 11) is 2.23. The first-order chi connectivity index (χ1) is 7.31. The van der Waals surface area contributed by atoms with Gasteiger partial charge in [0.1, 0.15) is 0 Å². The molecule has 1 aliphatic heterocycles. The van der Waals surface area contributed by atoms with Crippen molar-refractivity contribution >= 4 is 0 Å². The van der Waals surface area contributed by atoms with Gasteiger partial charge in [0.25, 0.3) is 0 Å². The van der Waals surface area contributed by atoms with E-state index in [1.54, 1.807) is 0 Å². The highest BCUT2D eigenvalue weighted by Crippen LogP contribution is 2.27. The Morgan fingerprint density at radius 3 is 2.60 bits per heavy atom. The summed E-state index contributed by atoms with van der Waals surface area (Å²) in [4.78, 5) is 5.20. The Bertz CT molecular complexity index is 189. The summed E-state index contributed by atoms with van der Waals surface area (Å²) in [5.74, 6) is 0. The van der Waals surface area contributed by atoms with Crippen molar-refractivity contribution in [2.24, 2.45) is 5.73 Å². The van der Waals surface area contributed by atoms with Crippen LogP contribution in [-0.4, -0.2) is 55.1 Å². The Kier molecular flexibility index (Phi) is 4.00. The zero-order valence-corrected chi connectivity index (χ0v) is 9.99. The van der Waals surface area contributed by atoms with Crippen molar-refractivity contribution in [3.8, 4) is 0 Å². The van der Waals surface area contributed by atoms with Crippen molar-refractivity contribution < 1.29 is 0 Å². The normalized spacial score (nSPS) is 31.2. The van der Waals surface area contributed by atoms with Crippen molar-refractivity contribution in [2.75, 3.05) is 33.2 Å². The van der Waals surface area contributed by atoms with E-state index in [-0.39, 0.29) is 0 Å². The second-order valence-electron chi connectivity index (χ2n) is 5.17. The van der Waals surface area contributed by atoms with Crippen LogP contribution in [0.4, 0.5) is 0 Å². The summed E-state index contributed by atoms with van der Waals surface area (Å²) < 4.78 is 0. The first-order valence-electron chi connectivity index (χ1n) is 6.45. The molecular formula is C12H25N3.